The number of rotatable bonds is 2. The van der Waals surface area contributed by atoms with Gasteiger partial charge < -0.3 is 5.73 Å². The van der Waals surface area contributed by atoms with Crippen LogP contribution in [0.4, 0.5) is 13.2 Å². The zero-order valence-corrected chi connectivity index (χ0v) is 12.1. The lowest BCUT2D eigenvalue weighted by Crippen LogP contribution is -2.31. The van der Waals surface area contributed by atoms with Gasteiger partial charge >= 0.3 is 6.18 Å². The van der Waals surface area contributed by atoms with Crippen LogP contribution in [0.15, 0.2) is 15.9 Å². The highest BCUT2D eigenvalue weighted by atomic mass is 79.9. The predicted octanol–water partition coefficient (Wildman–Crippen LogP) is 4.88. The Morgan fingerprint density at radius 2 is 1.89 bits per heavy atom. The Kier molecular flexibility index (Phi) is 4.39. The Labute approximate surface area is 117 Å². The lowest BCUT2D eigenvalue weighted by Gasteiger charge is -2.32. The highest BCUT2D eigenvalue weighted by Crippen LogP contribution is 2.44. The van der Waals surface area contributed by atoms with Crippen molar-refractivity contribution >= 4 is 27.3 Å². The monoisotopic (exact) mass is 341 g/mol. The molecule has 1 atom stereocenters. The van der Waals surface area contributed by atoms with E-state index in [9.17, 15) is 13.2 Å². The van der Waals surface area contributed by atoms with E-state index >= 15 is 0 Å². The average molecular weight is 342 g/mol. The molecule has 0 spiro atoms. The topological polar surface area (TPSA) is 26.0 Å². The fourth-order valence-electron chi connectivity index (χ4n) is 2.56. The van der Waals surface area contributed by atoms with E-state index in [4.69, 9.17) is 5.73 Å². The molecule has 102 valence electrons. The van der Waals surface area contributed by atoms with Gasteiger partial charge in [0.2, 0.25) is 0 Å². The summed E-state index contributed by atoms with van der Waals surface area (Å²) in [4.78, 5) is 1.05. The van der Waals surface area contributed by atoms with Gasteiger partial charge in [0.25, 0.3) is 0 Å². The molecule has 2 N–H and O–H groups in total. The summed E-state index contributed by atoms with van der Waals surface area (Å²) in [5.41, 5.74) is 6.17. The first-order valence-electron chi connectivity index (χ1n) is 5.94. The second kappa shape index (κ2) is 5.51. The molecule has 2 rings (SSSR count). The predicted molar refractivity (Wildman–Crippen MR) is 70.5 cm³/mol. The van der Waals surface area contributed by atoms with E-state index in [2.05, 4.69) is 15.9 Å². The van der Waals surface area contributed by atoms with Gasteiger partial charge in [0.15, 0.2) is 0 Å². The number of halogens is 4. The largest absolute Gasteiger partial charge is 0.391 e. The minimum atomic E-state index is -4.04. The smallest absolute Gasteiger partial charge is 0.323 e. The van der Waals surface area contributed by atoms with Crippen molar-refractivity contribution in [3.05, 3.63) is 20.8 Å². The van der Waals surface area contributed by atoms with Crippen LogP contribution in [0.2, 0.25) is 0 Å². The van der Waals surface area contributed by atoms with Crippen molar-refractivity contribution in [1.82, 2.24) is 0 Å². The molecule has 18 heavy (non-hydrogen) atoms. The second-order valence-electron chi connectivity index (χ2n) is 4.81. The molecule has 1 nitrogen and oxygen atoms in total. The molecule has 6 heteroatoms. The first-order valence-corrected chi connectivity index (χ1v) is 7.62. The molecule has 1 aromatic rings. The van der Waals surface area contributed by atoms with Crippen molar-refractivity contribution < 1.29 is 13.2 Å². The first kappa shape index (κ1) is 14.3. The van der Waals surface area contributed by atoms with E-state index in [1.807, 2.05) is 11.4 Å². The molecule has 0 bridgehead atoms. The molecule has 1 heterocycles. The zero-order chi connectivity index (χ0) is 13.3. The molecule has 1 aliphatic carbocycles. The maximum Gasteiger partial charge on any atom is 0.391 e. The normalized spacial score (nSPS) is 27.2. The van der Waals surface area contributed by atoms with Crippen LogP contribution in [0.5, 0.6) is 0 Å². The van der Waals surface area contributed by atoms with Crippen molar-refractivity contribution in [3.8, 4) is 0 Å². The lowest BCUT2D eigenvalue weighted by atomic mass is 9.78. The molecule has 0 radical (unpaired) electrons. The maximum absolute atomic E-state index is 12.6. The number of nitrogens with two attached hydrogens (primary N) is 1. The summed E-state index contributed by atoms with van der Waals surface area (Å²) in [6.07, 6.45) is -2.49. The van der Waals surface area contributed by atoms with Gasteiger partial charge in [0, 0.05) is 15.4 Å². The summed E-state index contributed by atoms with van der Waals surface area (Å²) in [5.74, 6) is -0.966. The summed E-state index contributed by atoms with van der Waals surface area (Å²) in [7, 11) is 0. The fourth-order valence-corrected chi connectivity index (χ4v) is 4.30. The molecule has 1 aromatic heterocycles. The van der Waals surface area contributed by atoms with Gasteiger partial charge in [-0.1, -0.05) is 0 Å². The van der Waals surface area contributed by atoms with Gasteiger partial charge in [-0.15, -0.1) is 11.3 Å². The molecular formula is C12H15BrF3NS. The third kappa shape index (κ3) is 3.08. The van der Waals surface area contributed by atoms with Gasteiger partial charge in [-0.2, -0.15) is 13.2 Å². The van der Waals surface area contributed by atoms with E-state index in [1.54, 1.807) is 11.3 Å². The second-order valence-corrected chi connectivity index (χ2v) is 6.61. The van der Waals surface area contributed by atoms with Crippen LogP contribution >= 0.6 is 27.3 Å². The molecule has 0 aromatic carbocycles. The molecule has 1 fully saturated rings. The number of hydrogen-bond donors (Lipinski definition) is 1. The van der Waals surface area contributed by atoms with Gasteiger partial charge in [-0.05, 0) is 59.0 Å². The molecule has 0 amide bonds. The van der Waals surface area contributed by atoms with Crippen LogP contribution in [0.3, 0.4) is 0 Å². The van der Waals surface area contributed by atoms with E-state index < -0.39 is 12.1 Å². The van der Waals surface area contributed by atoms with Gasteiger partial charge in [-0.3, -0.25) is 0 Å². The minimum absolute atomic E-state index is 0.145. The third-order valence-corrected chi connectivity index (χ3v) is 5.66. The minimum Gasteiger partial charge on any atom is -0.323 e. The molecular weight excluding hydrogens is 327 g/mol. The van der Waals surface area contributed by atoms with Crippen molar-refractivity contribution in [3.63, 3.8) is 0 Å². The van der Waals surface area contributed by atoms with Crippen LogP contribution in [0.1, 0.15) is 36.6 Å². The zero-order valence-electron chi connectivity index (χ0n) is 9.71. The third-order valence-electron chi connectivity index (χ3n) is 3.69. The van der Waals surface area contributed by atoms with E-state index in [1.165, 1.54) is 0 Å². The Hall–Kier alpha value is -0.0700. The van der Waals surface area contributed by atoms with Crippen LogP contribution in [0.25, 0.3) is 0 Å². The van der Waals surface area contributed by atoms with E-state index in [0.717, 1.165) is 9.35 Å². The average Bonchev–Trinajstić information content (AvgIpc) is 2.73. The number of thiophene rings is 1. The van der Waals surface area contributed by atoms with Crippen LogP contribution in [-0.4, -0.2) is 6.18 Å². The molecule has 1 saturated carbocycles. The molecule has 1 aliphatic rings. The first-order chi connectivity index (χ1) is 8.39. The summed E-state index contributed by atoms with van der Waals surface area (Å²) >= 11 is 4.99. The summed E-state index contributed by atoms with van der Waals surface area (Å²) in [6, 6.07) is 1.79. The maximum atomic E-state index is 12.6. The Morgan fingerprint density at radius 3 is 2.33 bits per heavy atom. The van der Waals surface area contributed by atoms with Crippen molar-refractivity contribution in [1.29, 1.82) is 0 Å². The van der Waals surface area contributed by atoms with Crippen molar-refractivity contribution in [2.75, 3.05) is 0 Å². The lowest BCUT2D eigenvalue weighted by molar-refractivity contribution is -0.184. The van der Waals surface area contributed by atoms with Gasteiger partial charge in [0.05, 0.1) is 5.92 Å². The Bertz CT molecular complexity index is 396. The van der Waals surface area contributed by atoms with E-state index in [-0.39, 0.29) is 24.8 Å². The molecule has 1 unspecified atom stereocenters. The van der Waals surface area contributed by atoms with Crippen molar-refractivity contribution in [2.45, 2.75) is 37.9 Å². The number of alkyl halides is 3. The van der Waals surface area contributed by atoms with Gasteiger partial charge in [0.1, 0.15) is 0 Å². The van der Waals surface area contributed by atoms with Crippen LogP contribution < -0.4 is 5.73 Å². The SMILES string of the molecule is NC(c1sccc1Br)C1CCC(C(F)(F)F)CC1. The van der Waals surface area contributed by atoms with Crippen molar-refractivity contribution in [2.24, 2.45) is 17.6 Å². The summed E-state index contributed by atoms with van der Waals surface area (Å²) in [5, 5.41) is 1.95. The highest BCUT2D eigenvalue weighted by Gasteiger charge is 2.42. The molecule has 0 aliphatic heterocycles. The van der Waals surface area contributed by atoms with E-state index in [0.29, 0.717) is 12.8 Å². The highest BCUT2D eigenvalue weighted by molar-refractivity contribution is 9.10. The quantitative estimate of drug-likeness (QED) is 0.815. The van der Waals surface area contributed by atoms with Crippen LogP contribution in [-0.2, 0) is 0 Å². The Morgan fingerprint density at radius 1 is 1.28 bits per heavy atom. The molecule has 0 saturated heterocycles. The fraction of sp³-hybridized carbons (Fsp3) is 0.667. The van der Waals surface area contributed by atoms with Crippen LogP contribution in [0, 0.1) is 11.8 Å². The number of hydrogen-bond acceptors (Lipinski definition) is 2. The standard InChI is InChI=1S/C12H15BrF3NS/c13-9-5-6-18-11(9)10(17)7-1-3-8(4-2-7)12(14,15)16/h5-8,10H,1-4,17H2. The Balaban J connectivity index is 1.96. The summed E-state index contributed by atoms with van der Waals surface area (Å²) < 4.78 is 38.7. The van der Waals surface area contributed by atoms with Gasteiger partial charge in [-0.25, -0.2) is 0 Å². The summed E-state index contributed by atoms with van der Waals surface area (Å²) in [6.45, 7) is 0.